The maximum absolute atomic E-state index is 12.4. The number of pyridine rings is 1. The van der Waals surface area contributed by atoms with Crippen molar-refractivity contribution in [1.82, 2.24) is 14.9 Å². The van der Waals surface area contributed by atoms with E-state index in [9.17, 15) is 4.79 Å². The molecule has 0 bridgehead atoms. The number of nitrogens with zero attached hydrogens (tertiary/aromatic N) is 3. The summed E-state index contributed by atoms with van der Waals surface area (Å²) in [5, 5.41) is 0.507. The first kappa shape index (κ1) is 20.8. The molecule has 0 unspecified atom stereocenters. The molecule has 0 saturated heterocycles. The van der Waals surface area contributed by atoms with Crippen molar-refractivity contribution in [3.8, 4) is 17.0 Å². The summed E-state index contributed by atoms with van der Waals surface area (Å²) in [5.74, 6) is 0.365. The van der Waals surface area contributed by atoms with Crippen LogP contribution in [0.1, 0.15) is 22.5 Å². The van der Waals surface area contributed by atoms with Crippen molar-refractivity contribution in [1.29, 1.82) is 0 Å². The quantitative estimate of drug-likeness (QED) is 0.421. The van der Waals surface area contributed by atoms with Crippen LogP contribution in [0.4, 0.5) is 6.01 Å². The van der Waals surface area contributed by atoms with Gasteiger partial charge in [-0.3, -0.25) is 4.79 Å². The minimum Gasteiger partial charge on any atom is -0.478 e. The van der Waals surface area contributed by atoms with Gasteiger partial charge >= 0.3 is 0 Å². The lowest BCUT2D eigenvalue weighted by atomic mass is 10.0. The number of ether oxygens (including phenoxy) is 1. The van der Waals surface area contributed by atoms with Crippen LogP contribution in [0, 0.1) is 0 Å². The molecule has 0 aliphatic carbocycles. The molecular weight excluding hydrogens is 392 g/mol. The number of halogens is 1. The zero-order chi connectivity index (χ0) is 20.8. The van der Waals surface area contributed by atoms with Gasteiger partial charge in [0.1, 0.15) is 12.0 Å². The number of benzene rings is 1. The lowest BCUT2D eigenvalue weighted by Crippen LogP contribution is -2.15. The smallest absolute Gasteiger partial charge is 0.292 e. The minimum absolute atomic E-state index is 0.0386. The Balaban J connectivity index is 1.68. The monoisotopic (exact) mass is 414 g/mol. The predicted octanol–water partition coefficient (Wildman–Crippen LogP) is 3.73. The number of hydrogen-bond acceptors (Lipinski definition) is 7. The van der Waals surface area contributed by atoms with Crippen LogP contribution in [-0.4, -0.2) is 47.9 Å². The topological polar surface area (TPSA) is 94.5 Å². The Hall–Kier alpha value is -2.90. The molecular formula is C21H23ClN4O3. The number of ketones is 1. The second kappa shape index (κ2) is 9.54. The molecule has 8 heteroatoms. The lowest BCUT2D eigenvalue weighted by Gasteiger charge is -2.10. The summed E-state index contributed by atoms with van der Waals surface area (Å²) >= 11 is 6.28. The van der Waals surface area contributed by atoms with Crippen LogP contribution in [0.15, 0.2) is 47.2 Å². The summed E-state index contributed by atoms with van der Waals surface area (Å²) in [6, 6.07) is 9.26. The molecule has 3 rings (SSSR count). The van der Waals surface area contributed by atoms with E-state index >= 15 is 0 Å². The molecule has 0 radical (unpaired) electrons. The van der Waals surface area contributed by atoms with Gasteiger partial charge in [0.25, 0.3) is 6.01 Å². The van der Waals surface area contributed by atoms with Gasteiger partial charge in [-0.15, -0.1) is 0 Å². The number of aromatic nitrogens is 2. The number of rotatable bonds is 9. The molecule has 0 amide bonds. The van der Waals surface area contributed by atoms with E-state index in [1.54, 1.807) is 12.3 Å². The van der Waals surface area contributed by atoms with Gasteiger partial charge in [-0.05, 0) is 49.8 Å². The fourth-order valence-electron chi connectivity index (χ4n) is 2.76. The van der Waals surface area contributed by atoms with Gasteiger partial charge in [-0.1, -0.05) is 17.7 Å². The lowest BCUT2D eigenvalue weighted by molar-refractivity contribution is 0.0988. The third kappa shape index (κ3) is 5.79. The molecule has 2 aromatic heterocycles. The number of nitrogens with two attached hydrogens (primary N) is 1. The SMILES string of the molecule is CN(C)CCCOc1ccc(-c2ccc(Cl)c(CC(=O)c3coc(N)n3)c2)cn1. The molecule has 152 valence electrons. The van der Waals surface area contributed by atoms with Gasteiger partial charge < -0.3 is 19.8 Å². The fourth-order valence-corrected chi connectivity index (χ4v) is 2.95. The Morgan fingerprint density at radius 2 is 2.03 bits per heavy atom. The molecule has 0 spiro atoms. The van der Waals surface area contributed by atoms with Gasteiger partial charge in [0.15, 0.2) is 5.78 Å². The maximum Gasteiger partial charge on any atom is 0.292 e. The molecule has 0 atom stereocenters. The number of carbonyl (C=O) groups excluding carboxylic acids is 1. The first-order chi connectivity index (χ1) is 13.9. The molecule has 29 heavy (non-hydrogen) atoms. The Bertz CT molecular complexity index is 970. The average molecular weight is 415 g/mol. The van der Waals surface area contributed by atoms with E-state index in [2.05, 4.69) is 14.9 Å². The number of carbonyl (C=O) groups is 1. The van der Waals surface area contributed by atoms with Gasteiger partial charge in [0.2, 0.25) is 5.88 Å². The molecule has 2 heterocycles. The first-order valence-electron chi connectivity index (χ1n) is 9.19. The second-order valence-corrected chi connectivity index (χ2v) is 7.27. The highest BCUT2D eigenvalue weighted by atomic mass is 35.5. The van der Waals surface area contributed by atoms with Crippen molar-refractivity contribution in [2.45, 2.75) is 12.8 Å². The van der Waals surface area contributed by atoms with Crippen LogP contribution >= 0.6 is 11.6 Å². The Labute approximate surface area is 174 Å². The van der Waals surface area contributed by atoms with Crippen molar-refractivity contribution in [2.24, 2.45) is 0 Å². The number of anilines is 1. The fraction of sp³-hybridized carbons (Fsp3) is 0.286. The number of oxazole rings is 1. The molecule has 0 saturated carbocycles. The standard InChI is InChI=1S/C21H23ClN4O3/c1-26(2)8-3-9-28-20-7-5-15(12-24-20)14-4-6-17(22)16(10-14)11-19(27)18-13-29-21(23)25-18/h4-7,10,12-13H,3,8-9,11H2,1-2H3,(H2,23,25). The van der Waals surface area contributed by atoms with Crippen LogP contribution in [0.5, 0.6) is 5.88 Å². The van der Waals surface area contributed by atoms with E-state index in [1.807, 2.05) is 38.4 Å². The molecule has 0 aliphatic rings. The first-order valence-corrected chi connectivity index (χ1v) is 9.57. The van der Waals surface area contributed by atoms with Crippen LogP contribution in [0.2, 0.25) is 5.02 Å². The normalized spacial score (nSPS) is 11.0. The van der Waals surface area contributed by atoms with Crippen molar-refractivity contribution < 1.29 is 13.9 Å². The van der Waals surface area contributed by atoms with Crippen LogP contribution in [0.3, 0.4) is 0 Å². The van der Waals surface area contributed by atoms with Crippen LogP contribution < -0.4 is 10.5 Å². The highest BCUT2D eigenvalue weighted by Gasteiger charge is 2.14. The van der Waals surface area contributed by atoms with Gasteiger partial charge in [-0.25, -0.2) is 4.98 Å². The van der Waals surface area contributed by atoms with E-state index in [4.69, 9.17) is 26.5 Å². The summed E-state index contributed by atoms with van der Waals surface area (Å²) < 4.78 is 10.6. The summed E-state index contributed by atoms with van der Waals surface area (Å²) in [6.07, 6.45) is 4.02. The van der Waals surface area contributed by atoms with E-state index in [-0.39, 0.29) is 23.9 Å². The van der Waals surface area contributed by atoms with Gasteiger partial charge in [0, 0.05) is 35.8 Å². The summed E-state index contributed by atoms with van der Waals surface area (Å²) in [4.78, 5) is 22.7. The van der Waals surface area contributed by atoms with Crippen LogP contribution in [-0.2, 0) is 6.42 Å². The molecule has 0 fully saturated rings. The summed E-state index contributed by atoms with van der Waals surface area (Å²) in [6.45, 7) is 1.58. The largest absolute Gasteiger partial charge is 0.478 e. The van der Waals surface area contributed by atoms with Crippen molar-refractivity contribution in [3.63, 3.8) is 0 Å². The number of nitrogen functional groups attached to an aromatic ring is 1. The third-order valence-electron chi connectivity index (χ3n) is 4.27. The maximum atomic E-state index is 12.4. The molecule has 0 aliphatic heterocycles. The highest BCUT2D eigenvalue weighted by Crippen LogP contribution is 2.27. The molecule has 2 N–H and O–H groups in total. The van der Waals surface area contributed by atoms with E-state index < -0.39 is 0 Å². The summed E-state index contributed by atoms with van der Waals surface area (Å²) in [7, 11) is 4.06. The van der Waals surface area contributed by atoms with E-state index in [0.29, 0.717) is 23.1 Å². The van der Waals surface area contributed by atoms with Crippen molar-refractivity contribution in [3.05, 3.63) is 59.1 Å². The van der Waals surface area contributed by atoms with Crippen molar-refractivity contribution in [2.75, 3.05) is 33.0 Å². The summed E-state index contributed by atoms with van der Waals surface area (Å²) in [5.41, 5.74) is 8.11. The second-order valence-electron chi connectivity index (χ2n) is 6.87. The van der Waals surface area contributed by atoms with Gasteiger partial charge in [0.05, 0.1) is 6.61 Å². The zero-order valence-electron chi connectivity index (χ0n) is 16.4. The van der Waals surface area contributed by atoms with E-state index in [0.717, 1.165) is 24.1 Å². The Kier molecular flexibility index (Phi) is 6.85. The molecule has 3 aromatic rings. The Morgan fingerprint density at radius 3 is 2.69 bits per heavy atom. The average Bonchev–Trinajstić information content (AvgIpc) is 3.14. The molecule has 7 nitrogen and oxygen atoms in total. The van der Waals surface area contributed by atoms with Crippen LogP contribution in [0.25, 0.3) is 11.1 Å². The highest BCUT2D eigenvalue weighted by molar-refractivity contribution is 6.31. The van der Waals surface area contributed by atoms with Crippen molar-refractivity contribution >= 4 is 23.4 Å². The van der Waals surface area contributed by atoms with Gasteiger partial charge in [-0.2, -0.15) is 4.98 Å². The minimum atomic E-state index is -0.218. The zero-order valence-corrected chi connectivity index (χ0v) is 17.1. The van der Waals surface area contributed by atoms with E-state index in [1.165, 1.54) is 6.26 Å². The number of Topliss-reactive ketones (excluding diaryl/α,β-unsaturated/α-hetero) is 1. The Morgan fingerprint density at radius 1 is 1.24 bits per heavy atom. The third-order valence-corrected chi connectivity index (χ3v) is 4.64. The predicted molar refractivity (Wildman–Crippen MR) is 112 cm³/mol. The number of hydrogen-bond donors (Lipinski definition) is 1. The molecule has 1 aromatic carbocycles.